The van der Waals surface area contributed by atoms with Crippen LogP contribution in [-0.4, -0.2) is 16.9 Å². The molecule has 1 saturated heterocycles. The average Bonchev–Trinajstić information content (AvgIpc) is 2.90. The normalized spacial score (nSPS) is 19.3. The van der Waals surface area contributed by atoms with E-state index in [1.807, 2.05) is 0 Å². The Labute approximate surface area is 121 Å². The van der Waals surface area contributed by atoms with Crippen LogP contribution in [0.3, 0.4) is 0 Å². The minimum absolute atomic E-state index is 0.00535. The third kappa shape index (κ3) is 2.91. The summed E-state index contributed by atoms with van der Waals surface area (Å²) < 4.78 is 26.2. The number of rotatable bonds is 3. The van der Waals surface area contributed by atoms with E-state index >= 15 is 0 Å². The molecule has 1 aromatic carbocycles. The molecule has 108 valence electrons. The van der Waals surface area contributed by atoms with Gasteiger partial charge >= 0.3 is 0 Å². The van der Waals surface area contributed by atoms with Gasteiger partial charge in [-0.15, -0.1) is 0 Å². The fourth-order valence-corrected chi connectivity index (χ4v) is 2.74. The van der Waals surface area contributed by atoms with E-state index in [2.05, 4.69) is 10.3 Å². The van der Waals surface area contributed by atoms with E-state index in [-0.39, 0.29) is 23.7 Å². The average molecular weight is 288 g/mol. The van der Waals surface area contributed by atoms with Gasteiger partial charge < -0.3 is 5.32 Å². The first kappa shape index (κ1) is 13.7. The van der Waals surface area contributed by atoms with Gasteiger partial charge in [0.1, 0.15) is 11.6 Å². The maximum absolute atomic E-state index is 13.1. The lowest BCUT2D eigenvalue weighted by Crippen LogP contribution is -2.32. The molecule has 1 fully saturated rings. The molecule has 1 aliphatic rings. The maximum Gasteiger partial charge on any atom is 0.220 e. The minimum atomic E-state index is -0.410. The molecule has 0 spiro atoms. The smallest absolute Gasteiger partial charge is 0.220 e. The van der Waals surface area contributed by atoms with Gasteiger partial charge in [0, 0.05) is 18.4 Å². The summed E-state index contributed by atoms with van der Waals surface area (Å²) in [5, 5.41) is 2.91. The summed E-state index contributed by atoms with van der Waals surface area (Å²) in [4.78, 5) is 15.6. The van der Waals surface area contributed by atoms with Crippen molar-refractivity contribution >= 4 is 5.91 Å². The van der Waals surface area contributed by atoms with Gasteiger partial charge in [-0.05, 0) is 36.2 Å². The van der Waals surface area contributed by atoms with Crippen LogP contribution in [0.2, 0.25) is 0 Å². The van der Waals surface area contributed by atoms with Crippen LogP contribution in [0.1, 0.15) is 30.0 Å². The largest absolute Gasteiger partial charge is 0.352 e. The summed E-state index contributed by atoms with van der Waals surface area (Å²) >= 11 is 0. The molecular weight excluding hydrogens is 274 g/mol. The van der Waals surface area contributed by atoms with Crippen molar-refractivity contribution in [1.29, 1.82) is 0 Å². The summed E-state index contributed by atoms with van der Waals surface area (Å²) in [7, 11) is 0. The Morgan fingerprint density at radius 1 is 1.10 bits per heavy atom. The number of nitrogens with zero attached hydrogens (tertiary/aromatic N) is 1. The number of amides is 1. The predicted molar refractivity (Wildman–Crippen MR) is 73.6 cm³/mol. The molecule has 3 rings (SSSR count). The monoisotopic (exact) mass is 288 g/mol. The van der Waals surface area contributed by atoms with Crippen LogP contribution in [0.5, 0.6) is 0 Å². The highest BCUT2D eigenvalue weighted by Gasteiger charge is 2.31. The van der Waals surface area contributed by atoms with E-state index in [0.29, 0.717) is 18.5 Å². The van der Waals surface area contributed by atoms with Crippen LogP contribution in [0.25, 0.3) is 0 Å². The summed E-state index contributed by atoms with van der Waals surface area (Å²) in [6.07, 6.45) is 2.30. The second-order valence-corrected chi connectivity index (χ2v) is 5.14. The van der Waals surface area contributed by atoms with Crippen LogP contribution in [-0.2, 0) is 4.79 Å². The van der Waals surface area contributed by atoms with Crippen LogP contribution in [0.15, 0.2) is 42.6 Å². The zero-order valence-electron chi connectivity index (χ0n) is 11.2. The third-order valence-electron chi connectivity index (χ3n) is 3.73. The highest BCUT2D eigenvalue weighted by Crippen LogP contribution is 2.31. The topological polar surface area (TPSA) is 42.0 Å². The summed E-state index contributed by atoms with van der Waals surface area (Å²) in [5.74, 6) is -0.945. The van der Waals surface area contributed by atoms with Crippen molar-refractivity contribution in [3.05, 3.63) is 65.5 Å². The Kier molecular flexibility index (Phi) is 3.64. The second-order valence-electron chi connectivity index (χ2n) is 5.14. The standard InChI is InChI=1S/C16H14F2N2O/c17-11-3-1-10(2-4-11)16(14-7-8-15(21)20-14)13-6-5-12(18)9-19-13/h1-6,9,14,16H,7-8H2,(H,20,21)/t14-,16+/m1/s1. The molecule has 0 radical (unpaired) electrons. The molecule has 21 heavy (non-hydrogen) atoms. The van der Waals surface area contributed by atoms with Gasteiger partial charge in [-0.1, -0.05) is 12.1 Å². The van der Waals surface area contributed by atoms with Crippen molar-refractivity contribution < 1.29 is 13.6 Å². The number of aromatic nitrogens is 1. The number of hydrogen-bond acceptors (Lipinski definition) is 2. The summed E-state index contributed by atoms with van der Waals surface area (Å²) in [6.45, 7) is 0. The van der Waals surface area contributed by atoms with Crippen molar-refractivity contribution in [2.75, 3.05) is 0 Å². The molecule has 1 aliphatic heterocycles. The molecule has 2 aromatic rings. The molecule has 1 aromatic heterocycles. The van der Waals surface area contributed by atoms with Crippen molar-refractivity contribution in [2.24, 2.45) is 0 Å². The molecule has 3 nitrogen and oxygen atoms in total. The van der Waals surface area contributed by atoms with Gasteiger partial charge in [0.15, 0.2) is 0 Å². The van der Waals surface area contributed by atoms with Crippen LogP contribution >= 0.6 is 0 Å². The number of pyridine rings is 1. The van der Waals surface area contributed by atoms with Crippen LogP contribution < -0.4 is 5.32 Å². The number of carbonyl (C=O) groups excluding carboxylic acids is 1. The van der Waals surface area contributed by atoms with Crippen molar-refractivity contribution in [1.82, 2.24) is 10.3 Å². The van der Waals surface area contributed by atoms with E-state index in [1.165, 1.54) is 18.2 Å². The quantitative estimate of drug-likeness (QED) is 0.943. The van der Waals surface area contributed by atoms with E-state index in [4.69, 9.17) is 0 Å². The Bertz CT molecular complexity index is 595. The van der Waals surface area contributed by atoms with Gasteiger partial charge in [0.05, 0.1) is 11.9 Å². The Hall–Kier alpha value is -2.30. The molecule has 2 atom stereocenters. The number of nitrogens with one attached hydrogen (secondary N) is 1. The van der Waals surface area contributed by atoms with Gasteiger partial charge in [0.25, 0.3) is 0 Å². The maximum atomic E-state index is 13.1. The Balaban J connectivity index is 1.99. The molecule has 0 unspecified atom stereocenters. The Morgan fingerprint density at radius 2 is 1.81 bits per heavy atom. The lowest BCUT2D eigenvalue weighted by atomic mass is 9.87. The van der Waals surface area contributed by atoms with E-state index in [1.54, 1.807) is 18.2 Å². The molecule has 0 aliphatic carbocycles. The molecular formula is C16H14F2N2O. The fraction of sp³-hybridized carbons (Fsp3) is 0.250. The lowest BCUT2D eigenvalue weighted by Gasteiger charge is -2.23. The van der Waals surface area contributed by atoms with E-state index in [9.17, 15) is 13.6 Å². The molecule has 0 bridgehead atoms. The zero-order chi connectivity index (χ0) is 14.8. The fourth-order valence-electron chi connectivity index (χ4n) is 2.74. The van der Waals surface area contributed by atoms with E-state index in [0.717, 1.165) is 11.8 Å². The molecule has 1 N–H and O–H groups in total. The van der Waals surface area contributed by atoms with Crippen LogP contribution in [0.4, 0.5) is 8.78 Å². The first-order chi connectivity index (χ1) is 10.1. The van der Waals surface area contributed by atoms with Crippen molar-refractivity contribution in [3.63, 3.8) is 0 Å². The van der Waals surface area contributed by atoms with Gasteiger partial charge in [-0.2, -0.15) is 0 Å². The van der Waals surface area contributed by atoms with Gasteiger partial charge in [-0.3, -0.25) is 9.78 Å². The van der Waals surface area contributed by atoms with Gasteiger partial charge in [-0.25, -0.2) is 8.78 Å². The highest BCUT2D eigenvalue weighted by molar-refractivity contribution is 5.78. The summed E-state index contributed by atoms with van der Waals surface area (Å²) in [5.41, 5.74) is 1.51. The number of halogens is 2. The van der Waals surface area contributed by atoms with Crippen molar-refractivity contribution in [2.45, 2.75) is 24.8 Å². The zero-order valence-corrected chi connectivity index (χ0v) is 11.2. The molecule has 0 saturated carbocycles. The number of hydrogen-bond donors (Lipinski definition) is 1. The first-order valence-corrected chi connectivity index (χ1v) is 6.80. The second kappa shape index (κ2) is 5.60. The summed E-state index contributed by atoms with van der Waals surface area (Å²) in [6, 6.07) is 8.95. The minimum Gasteiger partial charge on any atom is -0.352 e. The first-order valence-electron chi connectivity index (χ1n) is 6.80. The molecule has 2 heterocycles. The SMILES string of the molecule is O=C1CC[C@H]([C@@H](c2ccc(F)cc2)c2ccc(F)cn2)N1. The number of carbonyl (C=O) groups is 1. The Morgan fingerprint density at radius 3 is 2.38 bits per heavy atom. The number of benzene rings is 1. The van der Waals surface area contributed by atoms with E-state index < -0.39 is 5.82 Å². The molecule has 1 amide bonds. The predicted octanol–water partition coefficient (Wildman–Crippen LogP) is 2.77. The highest BCUT2D eigenvalue weighted by atomic mass is 19.1. The lowest BCUT2D eigenvalue weighted by molar-refractivity contribution is -0.119. The van der Waals surface area contributed by atoms with Gasteiger partial charge in [0.2, 0.25) is 5.91 Å². The van der Waals surface area contributed by atoms with Crippen LogP contribution in [0, 0.1) is 11.6 Å². The third-order valence-corrected chi connectivity index (χ3v) is 3.73. The van der Waals surface area contributed by atoms with Crippen molar-refractivity contribution in [3.8, 4) is 0 Å². The molecule has 5 heteroatoms.